The highest BCUT2D eigenvalue weighted by molar-refractivity contribution is 5.35. The Bertz CT molecular complexity index is 375. The lowest BCUT2D eigenvalue weighted by atomic mass is 9.97. The van der Waals surface area contributed by atoms with Gasteiger partial charge in [-0.25, -0.2) is 0 Å². The molecule has 3 nitrogen and oxygen atoms in total. The molecule has 1 rings (SSSR count). The second kappa shape index (κ2) is 7.51. The zero-order valence-electron chi connectivity index (χ0n) is 12.4. The summed E-state index contributed by atoms with van der Waals surface area (Å²) in [5, 5.41) is 9.07. The van der Waals surface area contributed by atoms with Gasteiger partial charge in [0.05, 0.1) is 13.2 Å². The van der Waals surface area contributed by atoms with Gasteiger partial charge in [-0.05, 0) is 43.7 Å². The van der Waals surface area contributed by atoms with Gasteiger partial charge in [0.2, 0.25) is 0 Å². The molecule has 1 unspecified atom stereocenters. The smallest absolute Gasteiger partial charge is 0.122 e. The lowest BCUT2D eigenvalue weighted by molar-refractivity contribution is 0.194. The molecular weight excluding hydrogens is 238 g/mol. The highest BCUT2D eigenvalue weighted by atomic mass is 16.5. The van der Waals surface area contributed by atoms with Gasteiger partial charge in [0.1, 0.15) is 5.75 Å². The Morgan fingerprint density at radius 2 is 1.95 bits per heavy atom. The van der Waals surface area contributed by atoms with E-state index in [0.717, 1.165) is 25.0 Å². The lowest BCUT2D eigenvalue weighted by Gasteiger charge is -2.21. The van der Waals surface area contributed by atoms with Crippen LogP contribution in [0.1, 0.15) is 51.5 Å². The molecule has 0 radical (unpaired) electrons. The molecule has 1 aromatic carbocycles. The van der Waals surface area contributed by atoms with Crippen LogP contribution in [0.2, 0.25) is 0 Å². The van der Waals surface area contributed by atoms with Gasteiger partial charge in [0, 0.05) is 5.54 Å². The minimum absolute atomic E-state index is 0.0318. The van der Waals surface area contributed by atoms with E-state index >= 15 is 0 Å². The van der Waals surface area contributed by atoms with Gasteiger partial charge in [0.15, 0.2) is 0 Å². The van der Waals surface area contributed by atoms with Crippen LogP contribution in [0.5, 0.6) is 5.75 Å². The van der Waals surface area contributed by atoms with E-state index in [0.29, 0.717) is 12.5 Å². The van der Waals surface area contributed by atoms with Crippen LogP contribution >= 0.6 is 0 Å². The zero-order chi connectivity index (χ0) is 14.3. The first-order valence-electron chi connectivity index (χ1n) is 7.08. The van der Waals surface area contributed by atoms with Gasteiger partial charge in [-0.15, -0.1) is 0 Å². The van der Waals surface area contributed by atoms with Crippen LogP contribution in [0.15, 0.2) is 24.3 Å². The van der Waals surface area contributed by atoms with Crippen LogP contribution in [0.3, 0.4) is 0 Å². The zero-order valence-corrected chi connectivity index (χ0v) is 12.4. The number of aliphatic hydroxyl groups excluding tert-OH is 1. The van der Waals surface area contributed by atoms with E-state index in [-0.39, 0.29) is 6.61 Å². The van der Waals surface area contributed by atoms with E-state index in [4.69, 9.17) is 15.6 Å². The number of benzene rings is 1. The summed E-state index contributed by atoms with van der Waals surface area (Å²) in [6.45, 7) is 6.95. The Hall–Kier alpha value is -1.06. The number of hydrogen-bond donors (Lipinski definition) is 2. The molecule has 0 heterocycles. The maximum Gasteiger partial charge on any atom is 0.122 e. The summed E-state index contributed by atoms with van der Waals surface area (Å²) in [4.78, 5) is 0. The summed E-state index contributed by atoms with van der Waals surface area (Å²) in [5.74, 6) is 1.45. The van der Waals surface area contributed by atoms with Crippen LogP contribution in [-0.4, -0.2) is 23.9 Å². The monoisotopic (exact) mass is 265 g/mol. The fourth-order valence-electron chi connectivity index (χ4n) is 1.98. The second-order valence-corrected chi connectivity index (χ2v) is 5.81. The molecule has 1 atom stereocenters. The molecule has 0 aliphatic heterocycles. The van der Waals surface area contributed by atoms with Crippen molar-refractivity contribution in [3.8, 4) is 5.75 Å². The Morgan fingerprint density at radius 3 is 2.58 bits per heavy atom. The van der Waals surface area contributed by atoms with Crippen molar-refractivity contribution in [1.29, 1.82) is 0 Å². The van der Waals surface area contributed by atoms with Crippen molar-refractivity contribution in [2.24, 2.45) is 5.73 Å². The number of ether oxygens (including phenoxy) is 1. The average molecular weight is 265 g/mol. The lowest BCUT2D eigenvalue weighted by Crippen LogP contribution is -2.39. The molecule has 0 aliphatic carbocycles. The second-order valence-electron chi connectivity index (χ2n) is 5.81. The van der Waals surface area contributed by atoms with Crippen molar-refractivity contribution < 1.29 is 9.84 Å². The van der Waals surface area contributed by atoms with Crippen LogP contribution in [0.25, 0.3) is 0 Å². The first-order chi connectivity index (χ1) is 8.96. The summed E-state index contributed by atoms with van der Waals surface area (Å²) >= 11 is 0. The van der Waals surface area contributed by atoms with Crippen molar-refractivity contribution in [3.05, 3.63) is 29.8 Å². The van der Waals surface area contributed by atoms with E-state index in [9.17, 15) is 0 Å². The maximum atomic E-state index is 9.07. The molecule has 0 aliphatic rings. The predicted molar refractivity (Wildman–Crippen MR) is 79.6 cm³/mol. The molecule has 19 heavy (non-hydrogen) atoms. The number of hydrogen-bond acceptors (Lipinski definition) is 3. The molecule has 0 saturated heterocycles. The number of aliphatic hydroxyl groups is 1. The largest absolute Gasteiger partial charge is 0.493 e. The molecule has 3 heteroatoms. The predicted octanol–water partition coefficient (Wildman–Crippen LogP) is 3.07. The molecule has 0 aromatic heterocycles. The van der Waals surface area contributed by atoms with Crippen molar-refractivity contribution in [2.75, 3.05) is 13.2 Å². The van der Waals surface area contributed by atoms with Crippen LogP contribution < -0.4 is 10.5 Å². The minimum Gasteiger partial charge on any atom is -0.493 e. The van der Waals surface area contributed by atoms with Gasteiger partial charge >= 0.3 is 0 Å². The standard InChI is InChI=1S/C16H27NO2/c1-13(2)14-8-4-5-9-15(14)19-11-7-6-10-16(3,17)12-18/h4-5,8-9,13,18H,6-7,10-12,17H2,1-3H3. The Labute approximate surface area is 116 Å². The normalized spacial score (nSPS) is 14.4. The average Bonchev–Trinajstić information content (AvgIpc) is 2.38. The van der Waals surface area contributed by atoms with Gasteiger partial charge in [-0.3, -0.25) is 0 Å². The molecule has 0 saturated carbocycles. The van der Waals surface area contributed by atoms with Crippen molar-refractivity contribution >= 4 is 0 Å². The highest BCUT2D eigenvalue weighted by Gasteiger charge is 2.15. The van der Waals surface area contributed by atoms with E-state index in [1.165, 1.54) is 5.56 Å². The summed E-state index contributed by atoms with van der Waals surface area (Å²) < 4.78 is 5.84. The van der Waals surface area contributed by atoms with Crippen LogP contribution in [0.4, 0.5) is 0 Å². The van der Waals surface area contributed by atoms with Crippen molar-refractivity contribution in [3.63, 3.8) is 0 Å². The SMILES string of the molecule is CC(C)c1ccccc1OCCCCC(C)(N)CO. The maximum absolute atomic E-state index is 9.07. The third kappa shape index (κ3) is 5.62. The van der Waals surface area contributed by atoms with Crippen LogP contribution in [-0.2, 0) is 0 Å². The number of rotatable bonds is 8. The summed E-state index contributed by atoms with van der Waals surface area (Å²) in [6.07, 6.45) is 2.75. The summed E-state index contributed by atoms with van der Waals surface area (Å²) in [6, 6.07) is 8.19. The Kier molecular flexibility index (Phi) is 6.32. The van der Waals surface area contributed by atoms with Gasteiger partial charge < -0.3 is 15.6 Å². The fourth-order valence-corrected chi connectivity index (χ4v) is 1.98. The summed E-state index contributed by atoms with van der Waals surface area (Å²) in [7, 11) is 0. The highest BCUT2D eigenvalue weighted by Crippen LogP contribution is 2.26. The van der Waals surface area contributed by atoms with E-state index < -0.39 is 5.54 Å². The van der Waals surface area contributed by atoms with Crippen molar-refractivity contribution in [2.45, 2.75) is 51.5 Å². The molecule has 108 valence electrons. The quantitative estimate of drug-likeness (QED) is 0.710. The fraction of sp³-hybridized carbons (Fsp3) is 0.625. The van der Waals surface area contributed by atoms with Crippen molar-refractivity contribution in [1.82, 2.24) is 0 Å². The third-order valence-corrected chi connectivity index (χ3v) is 3.30. The third-order valence-electron chi connectivity index (χ3n) is 3.30. The molecular formula is C16H27NO2. The minimum atomic E-state index is -0.462. The van der Waals surface area contributed by atoms with Crippen LogP contribution in [0, 0.1) is 0 Å². The topological polar surface area (TPSA) is 55.5 Å². The first-order valence-corrected chi connectivity index (χ1v) is 7.08. The Morgan fingerprint density at radius 1 is 1.26 bits per heavy atom. The number of para-hydroxylation sites is 1. The van der Waals surface area contributed by atoms with E-state index in [2.05, 4.69) is 19.9 Å². The Balaban J connectivity index is 2.34. The molecule has 1 aromatic rings. The molecule has 0 bridgehead atoms. The first kappa shape index (κ1) is 16.0. The molecule has 3 N–H and O–H groups in total. The molecule has 0 fully saturated rings. The van der Waals surface area contributed by atoms with E-state index in [1.54, 1.807) is 0 Å². The van der Waals surface area contributed by atoms with Gasteiger partial charge in [-0.2, -0.15) is 0 Å². The van der Waals surface area contributed by atoms with Gasteiger partial charge in [0.25, 0.3) is 0 Å². The van der Waals surface area contributed by atoms with Gasteiger partial charge in [-0.1, -0.05) is 32.0 Å². The number of unbranched alkanes of at least 4 members (excludes halogenated alkanes) is 1. The van der Waals surface area contributed by atoms with E-state index in [1.807, 2.05) is 25.1 Å². The summed E-state index contributed by atoms with van der Waals surface area (Å²) in [5.41, 5.74) is 6.67. The molecule has 0 spiro atoms. The number of nitrogens with two attached hydrogens (primary N) is 1. The molecule has 0 amide bonds.